The van der Waals surface area contributed by atoms with Crippen LogP contribution in [-0.4, -0.2) is 45.8 Å². The van der Waals surface area contributed by atoms with Crippen LogP contribution >= 0.6 is 0 Å². The number of fused-ring (bicyclic) bond motifs is 1. The molecule has 0 spiro atoms. The average molecular weight is 355 g/mol. The molecule has 1 aromatic heterocycles. The number of amides is 1. The van der Waals surface area contributed by atoms with E-state index in [1.165, 1.54) is 0 Å². The molecule has 1 amide bonds. The predicted molar refractivity (Wildman–Crippen MR) is 99.3 cm³/mol. The van der Waals surface area contributed by atoms with E-state index in [0.29, 0.717) is 17.8 Å². The Balaban J connectivity index is 1.65. The van der Waals surface area contributed by atoms with Crippen molar-refractivity contribution in [1.29, 1.82) is 0 Å². The first-order valence-corrected chi connectivity index (χ1v) is 8.68. The molecule has 8 heteroatoms. The summed E-state index contributed by atoms with van der Waals surface area (Å²) in [4.78, 5) is 22.0. The molecule has 2 aromatic rings. The van der Waals surface area contributed by atoms with E-state index < -0.39 is 25.1 Å². The summed E-state index contributed by atoms with van der Waals surface area (Å²) in [6, 6.07) is 9.77. The minimum absolute atomic E-state index is 0.209. The lowest BCUT2D eigenvalue weighted by Gasteiger charge is -2.20. The molecule has 1 aromatic carbocycles. The minimum Gasteiger partial charge on any atom is -0.426 e. The number of hydrogen-bond donors (Lipinski definition) is 3. The molecule has 3 N–H and O–H groups in total. The summed E-state index contributed by atoms with van der Waals surface area (Å²) < 4.78 is 0. The molecule has 2 atom stereocenters. The minimum atomic E-state index is -1.62. The molecule has 7 nitrogen and oxygen atoms in total. The number of carbonyl (C=O) groups excluding carboxylic acids is 1. The zero-order valence-corrected chi connectivity index (χ0v) is 14.8. The van der Waals surface area contributed by atoms with Crippen molar-refractivity contribution in [2.75, 3.05) is 0 Å². The van der Waals surface area contributed by atoms with Gasteiger partial charge < -0.3 is 20.2 Å². The van der Waals surface area contributed by atoms with Crippen molar-refractivity contribution in [2.45, 2.75) is 38.7 Å². The number of aromatic nitrogens is 1. The standard InChI is InChI=1S/C18H22BN3O4/c1-11(2)7-17(19(24)25)21-18(23)16-9-15(22-26-16)14-8-12-5-3-4-6-13(12)10-20-14/h3-6,8,10-11,16-17,24-25H,7,9H2,1-2H3,(H,21,23). The van der Waals surface area contributed by atoms with Crippen molar-refractivity contribution >= 4 is 29.5 Å². The number of rotatable bonds is 6. The zero-order valence-electron chi connectivity index (χ0n) is 14.8. The largest absolute Gasteiger partial charge is 0.475 e. The predicted octanol–water partition coefficient (Wildman–Crippen LogP) is 1.27. The normalized spacial score (nSPS) is 17.7. The Hall–Kier alpha value is -2.45. The van der Waals surface area contributed by atoms with Crippen LogP contribution in [0.5, 0.6) is 0 Å². The molecule has 26 heavy (non-hydrogen) atoms. The maximum atomic E-state index is 12.4. The summed E-state index contributed by atoms with van der Waals surface area (Å²) in [7, 11) is -1.62. The Morgan fingerprint density at radius 1 is 1.35 bits per heavy atom. The van der Waals surface area contributed by atoms with E-state index in [0.717, 1.165) is 10.8 Å². The molecular weight excluding hydrogens is 333 g/mol. The van der Waals surface area contributed by atoms with Crippen LogP contribution in [0.4, 0.5) is 0 Å². The number of oxime groups is 1. The van der Waals surface area contributed by atoms with Gasteiger partial charge in [-0.2, -0.15) is 0 Å². The Morgan fingerprint density at radius 3 is 2.77 bits per heavy atom. The van der Waals surface area contributed by atoms with E-state index in [-0.39, 0.29) is 12.3 Å². The lowest BCUT2D eigenvalue weighted by Crippen LogP contribution is -2.50. The Labute approximate surface area is 152 Å². The van der Waals surface area contributed by atoms with Gasteiger partial charge in [0.1, 0.15) is 5.71 Å². The molecule has 2 heterocycles. The van der Waals surface area contributed by atoms with Gasteiger partial charge in [0.15, 0.2) is 0 Å². The topological polar surface area (TPSA) is 104 Å². The highest BCUT2D eigenvalue weighted by molar-refractivity contribution is 6.43. The highest BCUT2D eigenvalue weighted by Crippen LogP contribution is 2.20. The van der Waals surface area contributed by atoms with Gasteiger partial charge in [0.2, 0.25) is 6.10 Å². The van der Waals surface area contributed by atoms with Crippen LogP contribution in [0.3, 0.4) is 0 Å². The van der Waals surface area contributed by atoms with Crippen molar-refractivity contribution in [3.8, 4) is 0 Å². The quantitative estimate of drug-likeness (QED) is 0.677. The van der Waals surface area contributed by atoms with E-state index in [1.54, 1.807) is 6.20 Å². The molecule has 0 bridgehead atoms. The number of hydrogen-bond acceptors (Lipinski definition) is 6. The third-order valence-corrected chi connectivity index (χ3v) is 4.30. The first kappa shape index (κ1) is 18.3. The summed E-state index contributed by atoms with van der Waals surface area (Å²) >= 11 is 0. The first-order valence-electron chi connectivity index (χ1n) is 8.68. The van der Waals surface area contributed by atoms with Crippen molar-refractivity contribution < 1.29 is 19.7 Å². The van der Waals surface area contributed by atoms with E-state index in [9.17, 15) is 14.8 Å². The fourth-order valence-electron chi connectivity index (χ4n) is 2.95. The summed E-state index contributed by atoms with van der Waals surface area (Å²) in [6.07, 6.45) is 1.71. The monoisotopic (exact) mass is 355 g/mol. The van der Waals surface area contributed by atoms with Gasteiger partial charge in [-0.1, -0.05) is 43.3 Å². The van der Waals surface area contributed by atoms with Gasteiger partial charge >= 0.3 is 7.12 Å². The first-order chi connectivity index (χ1) is 12.4. The second kappa shape index (κ2) is 7.84. The second-order valence-electron chi connectivity index (χ2n) is 6.91. The molecular formula is C18H22BN3O4. The van der Waals surface area contributed by atoms with E-state index in [1.807, 2.05) is 44.2 Å². The summed E-state index contributed by atoms with van der Waals surface area (Å²) in [6.45, 7) is 3.89. The fourth-order valence-corrected chi connectivity index (χ4v) is 2.95. The van der Waals surface area contributed by atoms with Crippen LogP contribution in [0.1, 0.15) is 32.4 Å². The molecule has 0 aliphatic carbocycles. The summed E-state index contributed by atoms with van der Waals surface area (Å²) in [5, 5.41) is 27.6. The van der Waals surface area contributed by atoms with Crippen LogP contribution < -0.4 is 5.32 Å². The van der Waals surface area contributed by atoms with Crippen molar-refractivity contribution in [2.24, 2.45) is 11.1 Å². The van der Waals surface area contributed by atoms with Gasteiger partial charge in [-0.25, -0.2) is 0 Å². The van der Waals surface area contributed by atoms with Crippen molar-refractivity contribution in [3.63, 3.8) is 0 Å². The molecule has 0 fully saturated rings. The SMILES string of the molecule is CC(C)CC(NC(=O)C1CC(c2cc3ccccc3cn2)=NO1)B(O)O. The molecule has 2 unspecified atom stereocenters. The Bertz CT molecular complexity index is 825. The van der Waals surface area contributed by atoms with Gasteiger partial charge in [0, 0.05) is 18.0 Å². The number of nitrogens with zero attached hydrogens (tertiary/aromatic N) is 2. The van der Waals surface area contributed by atoms with Crippen LogP contribution in [0.2, 0.25) is 0 Å². The van der Waals surface area contributed by atoms with E-state index in [2.05, 4.69) is 15.5 Å². The zero-order chi connectivity index (χ0) is 18.7. The van der Waals surface area contributed by atoms with Gasteiger partial charge in [0.05, 0.1) is 11.6 Å². The van der Waals surface area contributed by atoms with Gasteiger partial charge in [-0.05, 0) is 23.8 Å². The fraction of sp³-hybridized carbons (Fsp3) is 0.389. The smallest absolute Gasteiger partial charge is 0.426 e. The summed E-state index contributed by atoms with van der Waals surface area (Å²) in [5.74, 6) is -0.947. The number of benzene rings is 1. The molecule has 0 saturated heterocycles. The number of nitrogens with one attached hydrogen (secondary N) is 1. The second-order valence-corrected chi connectivity index (χ2v) is 6.91. The van der Waals surface area contributed by atoms with Crippen LogP contribution in [-0.2, 0) is 9.63 Å². The highest BCUT2D eigenvalue weighted by atomic mass is 16.6. The van der Waals surface area contributed by atoms with Crippen LogP contribution in [0.15, 0.2) is 41.7 Å². The van der Waals surface area contributed by atoms with Crippen LogP contribution in [0.25, 0.3) is 10.8 Å². The lowest BCUT2D eigenvalue weighted by molar-refractivity contribution is -0.131. The van der Waals surface area contributed by atoms with Gasteiger partial charge in [0.25, 0.3) is 5.91 Å². The van der Waals surface area contributed by atoms with Gasteiger partial charge in [-0.3, -0.25) is 9.78 Å². The molecule has 136 valence electrons. The lowest BCUT2D eigenvalue weighted by atomic mass is 9.75. The molecule has 0 saturated carbocycles. The summed E-state index contributed by atoms with van der Waals surface area (Å²) in [5.41, 5.74) is 1.26. The highest BCUT2D eigenvalue weighted by Gasteiger charge is 2.33. The molecule has 1 aliphatic rings. The number of pyridine rings is 1. The Morgan fingerprint density at radius 2 is 2.08 bits per heavy atom. The van der Waals surface area contributed by atoms with Crippen molar-refractivity contribution in [3.05, 3.63) is 42.2 Å². The van der Waals surface area contributed by atoms with Crippen molar-refractivity contribution in [1.82, 2.24) is 10.3 Å². The molecule has 3 rings (SSSR count). The van der Waals surface area contributed by atoms with Gasteiger partial charge in [-0.15, -0.1) is 0 Å². The molecule has 0 radical (unpaired) electrons. The third-order valence-electron chi connectivity index (χ3n) is 4.30. The maximum absolute atomic E-state index is 12.4. The van der Waals surface area contributed by atoms with Crippen LogP contribution in [0, 0.1) is 5.92 Å². The number of carbonyl (C=O) groups is 1. The van der Waals surface area contributed by atoms with E-state index in [4.69, 9.17) is 4.84 Å². The third kappa shape index (κ3) is 4.20. The molecule has 1 aliphatic heterocycles. The Kier molecular flexibility index (Phi) is 5.53. The average Bonchev–Trinajstić information content (AvgIpc) is 3.10. The van der Waals surface area contributed by atoms with E-state index >= 15 is 0 Å². The maximum Gasteiger partial charge on any atom is 0.475 e.